The summed E-state index contributed by atoms with van der Waals surface area (Å²) >= 11 is 0. The maximum absolute atomic E-state index is 4.36. The van der Waals surface area contributed by atoms with Gasteiger partial charge in [0.15, 0.2) is 11.8 Å². The Balaban J connectivity index is 0.00000338. The molecule has 150 valence electrons. The van der Waals surface area contributed by atoms with Crippen molar-refractivity contribution in [1.82, 2.24) is 30.3 Å². The third kappa shape index (κ3) is 7.02. The number of rotatable bonds is 7. The first kappa shape index (κ1) is 23.1. The monoisotopic (exact) mass is 477 g/mol. The van der Waals surface area contributed by atoms with Gasteiger partial charge in [-0.3, -0.25) is 9.89 Å². The fourth-order valence-corrected chi connectivity index (χ4v) is 3.48. The molecule has 1 saturated heterocycles. The average Bonchev–Trinajstić information content (AvgIpc) is 2.90. The number of nitrogens with one attached hydrogen (secondary N) is 2. The van der Waals surface area contributed by atoms with Gasteiger partial charge >= 0.3 is 0 Å². The highest BCUT2D eigenvalue weighted by atomic mass is 127. The number of aromatic nitrogens is 3. The Labute approximate surface area is 175 Å². The molecule has 1 aliphatic rings. The van der Waals surface area contributed by atoms with E-state index in [1.807, 2.05) is 11.6 Å². The predicted molar refractivity (Wildman–Crippen MR) is 118 cm³/mol. The molecule has 2 N–H and O–H groups in total. The summed E-state index contributed by atoms with van der Waals surface area (Å²) in [7, 11) is 1.82. The summed E-state index contributed by atoms with van der Waals surface area (Å²) in [6, 6.07) is 0.538. The largest absolute Gasteiger partial charge is 0.355 e. The van der Waals surface area contributed by atoms with Crippen molar-refractivity contribution < 1.29 is 0 Å². The van der Waals surface area contributed by atoms with Gasteiger partial charge in [-0.1, -0.05) is 26.7 Å². The van der Waals surface area contributed by atoms with Gasteiger partial charge in [0.2, 0.25) is 0 Å². The standard InChI is InChI=1S/C18H35N7.HI/c1-5-24-14-22-23-17(24)13-21-18(19-4)20-12-16(15(2)3)25-10-8-6-7-9-11-25;/h14-16H,5-13H2,1-4H3,(H2,19,20,21);1H. The molecule has 2 rings (SSSR count). The maximum atomic E-state index is 4.36. The molecule has 0 saturated carbocycles. The zero-order valence-corrected chi connectivity index (χ0v) is 19.1. The number of aliphatic imine (C=N–C) groups is 1. The lowest BCUT2D eigenvalue weighted by Gasteiger charge is -2.34. The van der Waals surface area contributed by atoms with E-state index in [1.54, 1.807) is 6.33 Å². The van der Waals surface area contributed by atoms with Crippen LogP contribution in [0, 0.1) is 5.92 Å². The molecule has 1 fully saturated rings. The van der Waals surface area contributed by atoms with Crippen LogP contribution in [-0.2, 0) is 13.1 Å². The van der Waals surface area contributed by atoms with Crippen LogP contribution >= 0.6 is 24.0 Å². The highest BCUT2D eigenvalue weighted by Crippen LogP contribution is 2.17. The van der Waals surface area contributed by atoms with Gasteiger partial charge in [0.25, 0.3) is 0 Å². The minimum atomic E-state index is 0. The molecule has 7 nitrogen and oxygen atoms in total. The van der Waals surface area contributed by atoms with Crippen LogP contribution in [-0.4, -0.2) is 58.3 Å². The Bertz CT molecular complexity index is 521. The van der Waals surface area contributed by atoms with Gasteiger partial charge in [-0.05, 0) is 38.8 Å². The van der Waals surface area contributed by atoms with Crippen molar-refractivity contribution in [3.8, 4) is 0 Å². The van der Waals surface area contributed by atoms with Crippen molar-refractivity contribution in [2.24, 2.45) is 10.9 Å². The number of nitrogens with zero attached hydrogens (tertiary/aromatic N) is 5. The fourth-order valence-electron chi connectivity index (χ4n) is 3.48. The van der Waals surface area contributed by atoms with Crippen molar-refractivity contribution in [1.29, 1.82) is 0 Å². The van der Waals surface area contributed by atoms with E-state index in [2.05, 4.69) is 51.5 Å². The van der Waals surface area contributed by atoms with Crippen LogP contribution in [0.25, 0.3) is 0 Å². The van der Waals surface area contributed by atoms with Crippen LogP contribution < -0.4 is 10.6 Å². The topological polar surface area (TPSA) is 70.4 Å². The molecule has 0 bridgehead atoms. The lowest BCUT2D eigenvalue weighted by atomic mass is 10.0. The van der Waals surface area contributed by atoms with Gasteiger partial charge in [0, 0.05) is 26.2 Å². The van der Waals surface area contributed by atoms with E-state index < -0.39 is 0 Å². The van der Waals surface area contributed by atoms with Crippen molar-refractivity contribution in [2.45, 2.75) is 65.6 Å². The van der Waals surface area contributed by atoms with Gasteiger partial charge in [-0.2, -0.15) is 0 Å². The SMILES string of the molecule is CCn1cnnc1CNC(=NC)NCC(C(C)C)N1CCCCCC1.I. The Kier molecular flexibility index (Phi) is 11.1. The molecule has 1 aliphatic heterocycles. The van der Waals surface area contributed by atoms with E-state index in [4.69, 9.17) is 0 Å². The number of halogens is 1. The molecule has 0 spiro atoms. The normalized spacial score (nSPS) is 17.5. The molecule has 0 aromatic carbocycles. The van der Waals surface area contributed by atoms with E-state index in [0.29, 0.717) is 18.5 Å². The summed E-state index contributed by atoms with van der Waals surface area (Å²) in [4.78, 5) is 7.01. The fraction of sp³-hybridized carbons (Fsp3) is 0.833. The molecular formula is C18H36IN7. The van der Waals surface area contributed by atoms with Crippen molar-refractivity contribution >= 4 is 29.9 Å². The van der Waals surface area contributed by atoms with Crippen LogP contribution in [0.3, 0.4) is 0 Å². The summed E-state index contributed by atoms with van der Waals surface area (Å²) in [6.07, 6.45) is 7.15. The molecule has 8 heteroatoms. The lowest BCUT2D eigenvalue weighted by Crippen LogP contribution is -2.49. The van der Waals surface area contributed by atoms with E-state index in [1.165, 1.54) is 38.8 Å². The number of likely N-dealkylation sites (tertiary alicyclic amines) is 1. The van der Waals surface area contributed by atoms with Crippen LogP contribution in [0.2, 0.25) is 0 Å². The Hall–Kier alpha value is -0.900. The molecule has 1 aromatic heterocycles. The van der Waals surface area contributed by atoms with Crippen LogP contribution in [0.1, 0.15) is 52.3 Å². The lowest BCUT2D eigenvalue weighted by molar-refractivity contribution is 0.161. The first-order chi connectivity index (χ1) is 12.2. The predicted octanol–water partition coefficient (Wildman–Crippen LogP) is 2.48. The summed E-state index contributed by atoms with van der Waals surface area (Å²) in [5.41, 5.74) is 0. The number of hydrogen-bond acceptors (Lipinski definition) is 4. The van der Waals surface area contributed by atoms with Gasteiger partial charge in [-0.25, -0.2) is 0 Å². The van der Waals surface area contributed by atoms with Gasteiger partial charge < -0.3 is 15.2 Å². The minimum Gasteiger partial charge on any atom is -0.355 e. The van der Waals surface area contributed by atoms with Crippen molar-refractivity contribution in [2.75, 3.05) is 26.7 Å². The van der Waals surface area contributed by atoms with Crippen molar-refractivity contribution in [3.63, 3.8) is 0 Å². The van der Waals surface area contributed by atoms with Crippen LogP contribution in [0.5, 0.6) is 0 Å². The Morgan fingerprint density at radius 3 is 2.46 bits per heavy atom. The molecule has 1 atom stereocenters. The van der Waals surface area contributed by atoms with E-state index in [9.17, 15) is 0 Å². The first-order valence-corrected chi connectivity index (χ1v) is 9.71. The smallest absolute Gasteiger partial charge is 0.191 e. The van der Waals surface area contributed by atoms with Gasteiger partial charge in [-0.15, -0.1) is 34.2 Å². The number of guanidine groups is 1. The molecule has 0 radical (unpaired) electrons. The average molecular weight is 477 g/mol. The quantitative estimate of drug-likeness (QED) is 0.359. The third-order valence-corrected chi connectivity index (χ3v) is 5.03. The molecule has 26 heavy (non-hydrogen) atoms. The van der Waals surface area contributed by atoms with Gasteiger partial charge in [0.1, 0.15) is 6.33 Å². The molecule has 1 aromatic rings. The highest BCUT2D eigenvalue weighted by Gasteiger charge is 2.22. The first-order valence-electron chi connectivity index (χ1n) is 9.71. The minimum absolute atomic E-state index is 0. The molecular weight excluding hydrogens is 441 g/mol. The van der Waals surface area contributed by atoms with Crippen molar-refractivity contribution in [3.05, 3.63) is 12.2 Å². The zero-order chi connectivity index (χ0) is 18.1. The number of aryl methyl sites for hydroxylation is 1. The third-order valence-electron chi connectivity index (χ3n) is 5.03. The summed E-state index contributed by atoms with van der Waals surface area (Å²) in [6.45, 7) is 11.6. The summed E-state index contributed by atoms with van der Waals surface area (Å²) < 4.78 is 2.04. The second-order valence-corrected chi connectivity index (χ2v) is 7.10. The van der Waals surface area contributed by atoms with E-state index in [0.717, 1.165) is 24.9 Å². The van der Waals surface area contributed by atoms with E-state index >= 15 is 0 Å². The maximum Gasteiger partial charge on any atom is 0.191 e. The van der Waals surface area contributed by atoms with E-state index in [-0.39, 0.29) is 24.0 Å². The molecule has 1 unspecified atom stereocenters. The molecule has 2 heterocycles. The Morgan fingerprint density at radius 2 is 1.88 bits per heavy atom. The zero-order valence-electron chi connectivity index (χ0n) is 16.7. The van der Waals surface area contributed by atoms with Gasteiger partial charge in [0.05, 0.1) is 6.54 Å². The molecule has 0 aliphatic carbocycles. The second-order valence-electron chi connectivity index (χ2n) is 7.10. The summed E-state index contributed by atoms with van der Waals surface area (Å²) in [5, 5.41) is 15.0. The van der Waals surface area contributed by atoms with Crippen LogP contribution in [0.4, 0.5) is 0 Å². The molecule has 0 amide bonds. The highest BCUT2D eigenvalue weighted by molar-refractivity contribution is 14.0. The Morgan fingerprint density at radius 1 is 1.19 bits per heavy atom. The van der Waals surface area contributed by atoms with Crippen LogP contribution in [0.15, 0.2) is 11.3 Å². The second kappa shape index (κ2) is 12.5. The summed E-state index contributed by atoms with van der Waals surface area (Å²) in [5.74, 6) is 2.37. The number of hydrogen-bond donors (Lipinski definition) is 2.